The minimum Gasteiger partial charge on any atom is -0.464 e. The Bertz CT molecular complexity index is 545. The van der Waals surface area contributed by atoms with E-state index in [4.69, 9.17) is 4.74 Å². The third-order valence-electron chi connectivity index (χ3n) is 3.78. The molecule has 2 rings (SSSR count). The number of aromatic nitrogens is 1. The van der Waals surface area contributed by atoms with Gasteiger partial charge in [0.2, 0.25) is 0 Å². The van der Waals surface area contributed by atoms with Crippen LogP contribution < -0.4 is 5.32 Å². The topological polar surface area (TPSA) is 91.8 Å². The van der Waals surface area contributed by atoms with E-state index >= 15 is 0 Å². The van der Waals surface area contributed by atoms with E-state index in [1.807, 2.05) is 13.8 Å². The van der Waals surface area contributed by atoms with Gasteiger partial charge < -0.3 is 14.7 Å². The number of thiazole rings is 1. The average Bonchev–Trinajstić information content (AvgIpc) is 2.78. The van der Waals surface area contributed by atoms with Crippen molar-refractivity contribution in [3.8, 4) is 0 Å². The van der Waals surface area contributed by atoms with E-state index in [1.165, 1.54) is 11.3 Å². The molecule has 1 aliphatic rings. The zero-order valence-electron chi connectivity index (χ0n) is 13.0. The molecule has 122 valence electrons. The van der Waals surface area contributed by atoms with Crippen molar-refractivity contribution in [1.82, 2.24) is 9.88 Å². The molecule has 2 heterocycles. The average molecular weight is 327 g/mol. The minimum absolute atomic E-state index is 0.176. The number of carbonyl (C=O) groups is 2. The molecule has 1 aromatic heterocycles. The Hall–Kier alpha value is -1.67. The lowest BCUT2D eigenvalue weighted by Crippen LogP contribution is -2.52. The van der Waals surface area contributed by atoms with Crippen LogP contribution in [0.4, 0.5) is 9.93 Å². The van der Waals surface area contributed by atoms with Crippen LogP contribution in [0, 0.1) is 13.8 Å². The van der Waals surface area contributed by atoms with E-state index in [-0.39, 0.29) is 25.5 Å². The third-order valence-corrected chi connectivity index (χ3v) is 4.76. The van der Waals surface area contributed by atoms with Crippen LogP contribution in [0.1, 0.15) is 30.3 Å². The quantitative estimate of drug-likeness (QED) is 0.824. The fourth-order valence-corrected chi connectivity index (χ4v) is 3.05. The fraction of sp³-hybridized carbons (Fsp3) is 0.643. The molecule has 0 aliphatic carbocycles. The smallest absolute Gasteiger partial charge is 0.338 e. The van der Waals surface area contributed by atoms with Gasteiger partial charge in [-0.25, -0.2) is 14.6 Å². The summed E-state index contributed by atoms with van der Waals surface area (Å²) in [4.78, 5) is 30.8. The van der Waals surface area contributed by atoms with Crippen molar-refractivity contribution in [2.75, 3.05) is 25.0 Å². The summed E-state index contributed by atoms with van der Waals surface area (Å²) < 4.78 is 4.88. The molecule has 0 unspecified atom stereocenters. The molecule has 1 fully saturated rings. The molecule has 1 saturated heterocycles. The number of urea groups is 1. The number of nitrogens with one attached hydrogen (secondary N) is 1. The van der Waals surface area contributed by atoms with Crippen LogP contribution in [-0.4, -0.2) is 52.3 Å². The van der Waals surface area contributed by atoms with Crippen LogP contribution in [0.2, 0.25) is 0 Å². The van der Waals surface area contributed by atoms with Gasteiger partial charge in [0.15, 0.2) is 10.7 Å². The molecular formula is C14H21N3O4S. The van der Waals surface area contributed by atoms with E-state index < -0.39 is 11.6 Å². The van der Waals surface area contributed by atoms with Gasteiger partial charge in [-0.1, -0.05) is 0 Å². The highest BCUT2D eigenvalue weighted by Gasteiger charge is 2.41. The van der Waals surface area contributed by atoms with Gasteiger partial charge in [0.1, 0.15) is 0 Å². The summed E-state index contributed by atoms with van der Waals surface area (Å²) in [6, 6.07) is -0.264. The van der Waals surface area contributed by atoms with Gasteiger partial charge in [-0.2, -0.15) is 0 Å². The van der Waals surface area contributed by atoms with E-state index in [1.54, 1.807) is 11.8 Å². The van der Waals surface area contributed by atoms with E-state index in [0.29, 0.717) is 18.2 Å². The molecule has 0 saturated carbocycles. The number of hydrogen-bond donors (Lipinski definition) is 2. The van der Waals surface area contributed by atoms with Crippen molar-refractivity contribution in [2.45, 2.75) is 39.2 Å². The number of nitrogens with zero attached hydrogens (tertiary/aromatic N) is 2. The van der Waals surface area contributed by atoms with E-state index in [2.05, 4.69) is 10.3 Å². The lowest BCUT2D eigenvalue weighted by molar-refractivity contribution is -0.169. The number of rotatable bonds is 3. The number of anilines is 1. The molecule has 1 aromatic rings. The van der Waals surface area contributed by atoms with Gasteiger partial charge in [0, 0.05) is 30.8 Å². The van der Waals surface area contributed by atoms with Crippen LogP contribution in [-0.2, 0) is 9.53 Å². The van der Waals surface area contributed by atoms with Crippen molar-refractivity contribution in [3.05, 3.63) is 10.6 Å². The molecule has 0 radical (unpaired) electrons. The Balaban J connectivity index is 1.91. The van der Waals surface area contributed by atoms with Crippen LogP contribution in [0.3, 0.4) is 0 Å². The summed E-state index contributed by atoms with van der Waals surface area (Å²) in [5.74, 6) is -0.610. The number of carbonyl (C=O) groups excluding carboxylic acids is 2. The monoisotopic (exact) mass is 327 g/mol. The highest BCUT2D eigenvalue weighted by Crippen LogP contribution is 2.25. The maximum atomic E-state index is 12.2. The molecule has 8 heteroatoms. The highest BCUT2D eigenvalue weighted by atomic mass is 32.1. The molecule has 0 aromatic carbocycles. The molecular weight excluding hydrogens is 306 g/mol. The van der Waals surface area contributed by atoms with Gasteiger partial charge in [0.25, 0.3) is 0 Å². The van der Waals surface area contributed by atoms with Gasteiger partial charge in [0.05, 0.1) is 12.3 Å². The molecule has 2 N–H and O–H groups in total. The second-order valence-corrected chi connectivity index (χ2v) is 6.53. The van der Waals surface area contributed by atoms with Crippen molar-refractivity contribution in [2.24, 2.45) is 0 Å². The van der Waals surface area contributed by atoms with Crippen molar-refractivity contribution >= 4 is 28.5 Å². The lowest BCUT2D eigenvalue weighted by Gasteiger charge is -2.36. The Labute approximate surface area is 133 Å². The number of aliphatic hydroxyl groups is 1. The normalized spacial score (nSPS) is 17.2. The summed E-state index contributed by atoms with van der Waals surface area (Å²) in [6.45, 7) is 6.36. The van der Waals surface area contributed by atoms with Gasteiger partial charge >= 0.3 is 12.0 Å². The first-order chi connectivity index (χ1) is 10.4. The van der Waals surface area contributed by atoms with Crippen LogP contribution >= 0.6 is 11.3 Å². The summed E-state index contributed by atoms with van der Waals surface area (Å²) in [6.07, 6.45) is 0.352. The van der Waals surface area contributed by atoms with Gasteiger partial charge in [-0.3, -0.25) is 5.32 Å². The Morgan fingerprint density at radius 2 is 2.05 bits per heavy atom. The summed E-state index contributed by atoms with van der Waals surface area (Å²) in [7, 11) is 0. The van der Waals surface area contributed by atoms with Gasteiger partial charge in [-0.15, -0.1) is 11.3 Å². The van der Waals surface area contributed by atoms with Crippen LogP contribution in [0.25, 0.3) is 0 Å². The zero-order valence-corrected chi connectivity index (χ0v) is 13.8. The fourth-order valence-electron chi connectivity index (χ4n) is 2.25. The Morgan fingerprint density at radius 1 is 1.41 bits per heavy atom. The molecule has 1 aliphatic heterocycles. The molecule has 0 spiro atoms. The maximum absolute atomic E-state index is 12.2. The first-order valence-electron chi connectivity index (χ1n) is 7.25. The predicted octanol–water partition coefficient (Wildman–Crippen LogP) is 1.68. The number of likely N-dealkylation sites (tertiary alicyclic amines) is 1. The largest absolute Gasteiger partial charge is 0.464 e. The second kappa shape index (κ2) is 6.62. The van der Waals surface area contributed by atoms with Crippen molar-refractivity contribution in [1.29, 1.82) is 0 Å². The van der Waals surface area contributed by atoms with Gasteiger partial charge in [-0.05, 0) is 20.8 Å². The van der Waals surface area contributed by atoms with Crippen LogP contribution in [0.5, 0.6) is 0 Å². The highest BCUT2D eigenvalue weighted by molar-refractivity contribution is 7.15. The lowest BCUT2D eigenvalue weighted by atomic mass is 9.92. The standard InChI is InChI=1S/C14H21N3O4S/c1-4-21-11(18)14(20)5-7-17(8-6-14)13(19)16-12-15-9(2)10(3)22-12/h20H,4-8H2,1-3H3,(H,15,16,19). The number of amides is 2. The third kappa shape index (κ3) is 3.56. The molecule has 7 nitrogen and oxygen atoms in total. The van der Waals surface area contributed by atoms with E-state index in [0.717, 1.165) is 10.6 Å². The zero-order chi connectivity index (χ0) is 16.3. The molecule has 0 atom stereocenters. The van der Waals surface area contributed by atoms with Crippen molar-refractivity contribution in [3.63, 3.8) is 0 Å². The summed E-state index contributed by atoms with van der Waals surface area (Å²) in [5, 5.41) is 13.6. The first-order valence-corrected chi connectivity index (χ1v) is 8.07. The van der Waals surface area contributed by atoms with Crippen molar-refractivity contribution < 1.29 is 19.4 Å². The second-order valence-electron chi connectivity index (χ2n) is 5.33. The minimum atomic E-state index is -1.48. The summed E-state index contributed by atoms with van der Waals surface area (Å²) in [5.41, 5.74) is -0.586. The number of aryl methyl sites for hydroxylation is 2. The number of hydrogen-bond acceptors (Lipinski definition) is 6. The molecule has 0 bridgehead atoms. The number of ether oxygens (including phenoxy) is 1. The molecule has 22 heavy (non-hydrogen) atoms. The Kier molecular flexibility index (Phi) is 5.02. The Morgan fingerprint density at radius 3 is 2.55 bits per heavy atom. The predicted molar refractivity (Wildman–Crippen MR) is 83.0 cm³/mol. The molecule has 2 amide bonds. The first kappa shape index (κ1) is 16.7. The number of esters is 1. The summed E-state index contributed by atoms with van der Waals surface area (Å²) >= 11 is 1.42. The number of piperidine rings is 1. The SMILES string of the molecule is CCOC(=O)C1(O)CCN(C(=O)Nc2nc(C)c(C)s2)CC1. The van der Waals surface area contributed by atoms with E-state index in [9.17, 15) is 14.7 Å². The van der Waals surface area contributed by atoms with Crippen LogP contribution in [0.15, 0.2) is 0 Å². The maximum Gasteiger partial charge on any atom is 0.338 e.